The first-order valence-electron chi connectivity index (χ1n) is 9.78. The molecule has 1 aliphatic rings. The molecule has 1 aromatic heterocycles. The Morgan fingerprint density at radius 1 is 1.10 bits per heavy atom. The van der Waals surface area contributed by atoms with Gasteiger partial charge in [0.2, 0.25) is 5.91 Å². The third kappa shape index (κ3) is 4.82. The van der Waals surface area contributed by atoms with Crippen LogP contribution in [0.2, 0.25) is 0 Å². The molecule has 1 amide bonds. The maximum atomic E-state index is 12.8. The summed E-state index contributed by atoms with van der Waals surface area (Å²) in [6.07, 6.45) is 2.26. The van der Waals surface area contributed by atoms with Gasteiger partial charge >= 0.3 is 6.61 Å². The van der Waals surface area contributed by atoms with Crippen molar-refractivity contribution in [2.75, 3.05) is 26.2 Å². The van der Waals surface area contributed by atoms with E-state index in [1.807, 2.05) is 35.4 Å². The molecule has 4 rings (SSSR count). The van der Waals surface area contributed by atoms with Crippen LogP contribution in [-0.4, -0.2) is 53.5 Å². The van der Waals surface area contributed by atoms with Gasteiger partial charge in [0.1, 0.15) is 5.75 Å². The van der Waals surface area contributed by atoms with Gasteiger partial charge in [-0.1, -0.05) is 34.1 Å². The van der Waals surface area contributed by atoms with Crippen molar-refractivity contribution in [2.24, 2.45) is 0 Å². The maximum Gasteiger partial charge on any atom is 0.387 e. The fourth-order valence-electron chi connectivity index (χ4n) is 3.83. The molecule has 0 atom stereocenters. The van der Waals surface area contributed by atoms with Crippen LogP contribution in [0.5, 0.6) is 5.75 Å². The Kier molecular flexibility index (Phi) is 6.34. The van der Waals surface area contributed by atoms with E-state index in [2.05, 4.69) is 30.6 Å². The summed E-state index contributed by atoms with van der Waals surface area (Å²) in [7, 11) is 0. The number of piperazine rings is 1. The van der Waals surface area contributed by atoms with E-state index >= 15 is 0 Å². The Hall–Kier alpha value is -2.45. The summed E-state index contributed by atoms with van der Waals surface area (Å²) in [5.41, 5.74) is 2.73. The SMILES string of the molecule is O=C(Cc1c[nH]c2ccccc12)N1CCN(Cc2cc(Br)ccc2OC(F)F)CC1. The zero-order chi connectivity index (χ0) is 21.1. The highest BCUT2D eigenvalue weighted by Gasteiger charge is 2.23. The minimum absolute atomic E-state index is 0.101. The van der Waals surface area contributed by atoms with Crippen LogP contribution in [0, 0.1) is 0 Å². The first-order valence-corrected chi connectivity index (χ1v) is 10.6. The number of hydrogen-bond acceptors (Lipinski definition) is 3. The second kappa shape index (κ2) is 9.14. The first-order chi connectivity index (χ1) is 14.5. The van der Waals surface area contributed by atoms with Crippen LogP contribution < -0.4 is 4.74 Å². The molecule has 30 heavy (non-hydrogen) atoms. The quantitative estimate of drug-likeness (QED) is 0.571. The topological polar surface area (TPSA) is 48.6 Å². The minimum atomic E-state index is -2.86. The zero-order valence-electron chi connectivity index (χ0n) is 16.3. The second-order valence-electron chi connectivity index (χ2n) is 7.32. The molecule has 3 aromatic rings. The molecule has 0 bridgehead atoms. The van der Waals surface area contributed by atoms with E-state index in [4.69, 9.17) is 0 Å². The average Bonchev–Trinajstić information content (AvgIpc) is 3.13. The van der Waals surface area contributed by atoms with Crippen molar-refractivity contribution in [1.29, 1.82) is 0 Å². The molecule has 0 aliphatic carbocycles. The van der Waals surface area contributed by atoms with Crippen molar-refractivity contribution in [3.05, 3.63) is 64.3 Å². The third-order valence-electron chi connectivity index (χ3n) is 5.37. The van der Waals surface area contributed by atoms with E-state index in [1.165, 1.54) is 0 Å². The number of hydrogen-bond donors (Lipinski definition) is 1. The summed E-state index contributed by atoms with van der Waals surface area (Å²) in [5.74, 6) is 0.287. The number of para-hydroxylation sites is 1. The van der Waals surface area contributed by atoms with Gasteiger partial charge in [0.05, 0.1) is 6.42 Å². The number of carbonyl (C=O) groups excluding carboxylic acids is 1. The van der Waals surface area contributed by atoms with Crippen molar-refractivity contribution >= 4 is 32.7 Å². The lowest BCUT2D eigenvalue weighted by Crippen LogP contribution is -2.48. The number of aromatic nitrogens is 1. The average molecular weight is 478 g/mol. The van der Waals surface area contributed by atoms with Gasteiger partial charge < -0.3 is 14.6 Å². The summed E-state index contributed by atoms with van der Waals surface area (Å²) >= 11 is 3.38. The molecule has 0 saturated carbocycles. The van der Waals surface area contributed by atoms with Crippen molar-refractivity contribution in [2.45, 2.75) is 19.6 Å². The van der Waals surface area contributed by atoms with Gasteiger partial charge in [0.25, 0.3) is 0 Å². The number of halogens is 3. The van der Waals surface area contributed by atoms with Crippen LogP contribution in [0.25, 0.3) is 10.9 Å². The van der Waals surface area contributed by atoms with Crippen LogP contribution in [0.4, 0.5) is 8.78 Å². The number of benzene rings is 2. The van der Waals surface area contributed by atoms with Gasteiger partial charge in [-0.25, -0.2) is 0 Å². The third-order valence-corrected chi connectivity index (χ3v) is 5.87. The predicted octanol–water partition coefficient (Wildman–Crippen LogP) is 4.42. The number of rotatable bonds is 6. The van der Waals surface area contributed by atoms with Gasteiger partial charge in [-0.15, -0.1) is 0 Å². The molecule has 0 unspecified atom stereocenters. The first kappa shape index (κ1) is 20.8. The Balaban J connectivity index is 1.35. The van der Waals surface area contributed by atoms with Crippen LogP contribution in [0.15, 0.2) is 53.1 Å². The molecule has 1 aliphatic heterocycles. The van der Waals surface area contributed by atoms with E-state index in [-0.39, 0.29) is 11.7 Å². The summed E-state index contributed by atoms with van der Waals surface area (Å²) < 4.78 is 30.8. The van der Waals surface area contributed by atoms with Crippen LogP contribution >= 0.6 is 15.9 Å². The normalized spacial score (nSPS) is 15.1. The lowest BCUT2D eigenvalue weighted by Gasteiger charge is -2.35. The maximum absolute atomic E-state index is 12.8. The highest BCUT2D eigenvalue weighted by atomic mass is 79.9. The van der Waals surface area contributed by atoms with Gasteiger partial charge in [0, 0.05) is 59.9 Å². The number of aromatic amines is 1. The fraction of sp³-hybridized carbons (Fsp3) is 0.318. The van der Waals surface area contributed by atoms with Gasteiger partial charge in [-0.2, -0.15) is 8.78 Å². The number of nitrogens with zero attached hydrogens (tertiary/aromatic N) is 2. The zero-order valence-corrected chi connectivity index (χ0v) is 17.9. The van der Waals surface area contributed by atoms with Crippen molar-refractivity contribution < 1.29 is 18.3 Å². The largest absolute Gasteiger partial charge is 0.434 e. The van der Waals surface area contributed by atoms with Gasteiger partial charge in [0.15, 0.2) is 0 Å². The molecule has 0 radical (unpaired) electrons. The number of nitrogens with one attached hydrogen (secondary N) is 1. The van der Waals surface area contributed by atoms with Crippen LogP contribution in [-0.2, 0) is 17.8 Å². The second-order valence-corrected chi connectivity index (χ2v) is 8.24. The highest BCUT2D eigenvalue weighted by Crippen LogP contribution is 2.26. The van der Waals surface area contributed by atoms with Crippen LogP contribution in [0.1, 0.15) is 11.1 Å². The number of carbonyl (C=O) groups is 1. The molecule has 1 N–H and O–H groups in total. The van der Waals surface area contributed by atoms with Gasteiger partial charge in [-0.3, -0.25) is 9.69 Å². The molecule has 0 spiro atoms. The molecule has 5 nitrogen and oxygen atoms in total. The van der Waals surface area contributed by atoms with Crippen molar-refractivity contribution in [1.82, 2.24) is 14.8 Å². The standard InChI is InChI=1S/C22H22BrF2N3O2/c23-17-5-6-20(30-22(24)25)16(11-17)14-27-7-9-28(10-8-27)21(29)12-15-13-26-19-4-2-1-3-18(15)19/h1-6,11,13,22,26H,7-10,12,14H2. The van der Waals surface area contributed by atoms with E-state index in [9.17, 15) is 13.6 Å². The Labute approximate surface area is 181 Å². The summed E-state index contributed by atoms with van der Waals surface area (Å²) in [6.45, 7) is 0.219. The molecular formula is C22H22BrF2N3O2. The molecule has 8 heteroatoms. The summed E-state index contributed by atoms with van der Waals surface area (Å²) in [6, 6.07) is 13.0. The summed E-state index contributed by atoms with van der Waals surface area (Å²) in [4.78, 5) is 20.0. The molecular weight excluding hydrogens is 456 g/mol. The number of alkyl halides is 2. The Morgan fingerprint density at radius 2 is 1.87 bits per heavy atom. The molecule has 1 saturated heterocycles. The lowest BCUT2D eigenvalue weighted by molar-refractivity contribution is -0.132. The Morgan fingerprint density at radius 3 is 2.63 bits per heavy atom. The lowest BCUT2D eigenvalue weighted by atomic mass is 10.1. The van der Waals surface area contributed by atoms with Crippen LogP contribution in [0.3, 0.4) is 0 Å². The van der Waals surface area contributed by atoms with E-state index in [0.717, 1.165) is 20.9 Å². The van der Waals surface area contributed by atoms with E-state index in [1.54, 1.807) is 18.2 Å². The Bertz CT molecular complexity index is 1030. The van der Waals surface area contributed by atoms with Crippen molar-refractivity contribution in [3.63, 3.8) is 0 Å². The highest BCUT2D eigenvalue weighted by molar-refractivity contribution is 9.10. The molecule has 2 heterocycles. The number of ether oxygens (including phenoxy) is 1. The molecule has 2 aromatic carbocycles. The van der Waals surface area contributed by atoms with E-state index < -0.39 is 6.61 Å². The van der Waals surface area contributed by atoms with Gasteiger partial charge in [-0.05, 0) is 29.8 Å². The monoisotopic (exact) mass is 477 g/mol. The molecule has 158 valence electrons. The number of amides is 1. The number of H-pyrrole nitrogens is 1. The molecule has 1 fully saturated rings. The minimum Gasteiger partial charge on any atom is -0.434 e. The smallest absolute Gasteiger partial charge is 0.387 e. The van der Waals surface area contributed by atoms with Crippen molar-refractivity contribution in [3.8, 4) is 5.75 Å². The van der Waals surface area contributed by atoms with E-state index in [0.29, 0.717) is 44.7 Å². The fourth-order valence-corrected chi connectivity index (χ4v) is 4.24. The summed E-state index contributed by atoms with van der Waals surface area (Å²) in [5, 5.41) is 1.07. The number of fused-ring (bicyclic) bond motifs is 1. The predicted molar refractivity (Wildman–Crippen MR) is 115 cm³/mol.